The topological polar surface area (TPSA) is 28.2 Å². The SMILES string of the molecule is CCCNCc1cc2ccccc2c(N(C)CC(C)C)n1. The van der Waals surface area contributed by atoms with E-state index in [1.807, 2.05) is 0 Å². The predicted octanol–water partition coefficient (Wildman–Crippen LogP) is 3.83. The molecule has 0 spiro atoms. The van der Waals surface area contributed by atoms with Gasteiger partial charge in [-0.05, 0) is 30.3 Å². The number of fused-ring (bicyclic) bond motifs is 1. The molecule has 2 aromatic rings. The van der Waals surface area contributed by atoms with Gasteiger partial charge in [0.2, 0.25) is 0 Å². The van der Waals surface area contributed by atoms with Gasteiger partial charge in [-0.25, -0.2) is 4.98 Å². The summed E-state index contributed by atoms with van der Waals surface area (Å²) in [4.78, 5) is 7.16. The Balaban J connectivity index is 2.35. The molecule has 0 atom stereocenters. The maximum absolute atomic E-state index is 4.89. The number of anilines is 1. The fourth-order valence-electron chi connectivity index (χ4n) is 2.64. The largest absolute Gasteiger partial charge is 0.359 e. The molecule has 0 amide bonds. The summed E-state index contributed by atoms with van der Waals surface area (Å²) >= 11 is 0. The molecule has 0 aliphatic carbocycles. The number of hydrogen-bond donors (Lipinski definition) is 1. The van der Waals surface area contributed by atoms with Gasteiger partial charge in [-0.15, -0.1) is 0 Å². The lowest BCUT2D eigenvalue weighted by Crippen LogP contribution is -2.24. The van der Waals surface area contributed by atoms with E-state index in [2.05, 4.69) is 68.4 Å². The number of aromatic nitrogens is 1. The first-order chi connectivity index (χ1) is 10.1. The van der Waals surface area contributed by atoms with Gasteiger partial charge in [0.05, 0.1) is 5.69 Å². The maximum atomic E-state index is 4.89. The molecule has 0 aliphatic rings. The van der Waals surface area contributed by atoms with Crippen LogP contribution >= 0.6 is 0 Å². The Bertz CT molecular complexity index is 578. The third kappa shape index (κ3) is 4.18. The van der Waals surface area contributed by atoms with E-state index in [1.165, 1.54) is 10.8 Å². The van der Waals surface area contributed by atoms with Crippen molar-refractivity contribution in [2.24, 2.45) is 5.92 Å². The summed E-state index contributed by atoms with van der Waals surface area (Å²) in [6, 6.07) is 10.7. The minimum atomic E-state index is 0.623. The van der Waals surface area contributed by atoms with E-state index >= 15 is 0 Å². The molecule has 0 aliphatic heterocycles. The number of nitrogens with zero attached hydrogens (tertiary/aromatic N) is 2. The summed E-state index contributed by atoms with van der Waals surface area (Å²) in [5.41, 5.74) is 1.12. The molecular formula is C18H27N3. The number of benzene rings is 1. The first kappa shape index (κ1) is 15.8. The monoisotopic (exact) mass is 285 g/mol. The van der Waals surface area contributed by atoms with Crippen LogP contribution < -0.4 is 10.2 Å². The molecule has 114 valence electrons. The van der Waals surface area contributed by atoms with Crippen LogP contribution in [0.4, 0.5) is 5.82 Å². The summed E-state index contributed by atoms with van der Waals surface area (Å²) in [7, 11) is 2.14. The van der Waals surface area contributed by atoms with Crippen LogP contribution in [0.5, 0.6) is 0 Å². The van der Waals surface area contributed by atoms with Crippen LogP contribution in [0, 0.1) is 5.92 Å². The van der Waals surface area contributed by atoms with Crippen molar-refractivity contribution in [1.29, 1.82) is 0 Å². The van der Waals surface area contributed by atoms with E-state index in [-0.39, 0.29) is 0 Å². The van der Waals surface area contributed by atoms with Crippen LogP contribution in [-0.2, 0) is 6.54 Å². The lowest BCUT2D eigenvalue weighted by molar-refractivity contribution is 0.632. The van der Waals surface area contributed by atoms with E-state index < -0.39 is 0 Å². The van der Waals surface area contributed by atoms with Crippen molar-refractivity contribution < 1.29 is 0 Å². The van der Waals surface area contributed by atoms with Crippen molar-refractivity contribution in [1.82, 2.24) is 10.3 Å². The van der Waals surface area contributed by atoms with E-state index in [0.717, 1.165) is 37.6 Å². The number of pyridine rings is 1. The van der Waals surface area contributed by atoms with E-state index in [9.17, 15) is 0 Å². The Morgan fingerprint density at radius 3 is 2.71 bits per heavy atom. The Morgan fingerprint density at radius 2 is 2.00 bits per heavy atom. The summed E-state index contributed by atoms with van der Waals surface area (Å²) in [5.74, 6) is 1.72. The Labute approximate surface area is 128 Å². The highest BCUT2D eigenvalue weighted by molar-refractivity contribution is 5.92. The molecule has 1 N–H and O–H groups in total. The highest BCUT2D eigenvalue weighted by atomic mass is 15.2. The highest BCUT2D eigenvalue weighted by Crippen LogP contribution is 2.25. The minimum absolute atomic E-state index is 0.623. The molecule has 0 saturated carbocycles. The van der Waals surface area contributed by atoms with Crippen LogP contribution in [-0.4, -0.2) is 25.1 Å². The Kier molecular flexibility index (Phi) is 5.57. The Hall–Kier alpha value is -1.61. The molecule has 1 heterocycles. The summed E-state index contributed by atoms with van der Waals surface area (Å²) in [6.45, 7) is 9.55. The number of nitrogens with one attached hydrogen (secondary N) is 1. The van der Waals surface area contributed by atoms with Gasteiger partial charge in [0.25, 0.3) is 0 Å². The van der Waals surface area contributed by atoms with Crippen LogP contribution in [0.1, 0.15) is 32.9 Å². The zero-order chi connectivity index (χ0) is 15.2. The third-order valence-electron chi connectivity index (χ3n) is 3.51. The van der Waals surface area contributed by atoms with Gasteiger partial charge < -0.3 is 10.2 Å². The zero-order valence-electron chi connectivity index (χ0n) is 13.7. The number of rotatable bonds is 7. The molecular weight excluding hydrogens is 258 g/mol. The first-order valence-corrected chi connectivity index (χ1v) is 7.92. The smallest absolute Gasteiger partial charge is 0.136 e. The predicted molar refractivity (Wildman–Crippen MR) is 91.8 cm³/mol. The fraction of sp³-hybridized carbons (Fsp3) is 0.500. The lowest BCUT2D eigenvalue weighted by Gasteiger charge is -2.23. The van der Waals surface area contributed by atoms with Crippen molar-refractivity contribution in [2.45, 2.75) is 33.7 Å². The summed E-state index contributed by atoms with van der Waals surface area (Å²) in [6.07, 6.45) is 1.15. The van der Waals surface area contributed by atoms with Crippen molar-refractivity contribution in [3.63, 3.8) is 0 Å². The molecule has 3 heteroatoms. The van der Waals surface area contributed by atoms with Gasteiger partial charge in [0.15, 0.2) is 0 Å². The van der Waals surface area contributed by atoms with Gasteiger partial charge in [-0.2, -0.15) is 0 Å². The molecule has 21 heavy (non-hydrogen) atoms. The molecule has 2 rings (SSSR count). The van der Waals surface area contributed by atoms with Gasteiger partial charge in [-0.1, -0.05) is 45.0 Å². The van der Waals surface area contributed by atoms with Crippen molar-refractivity contribution >= 4 is 16.6 Å². The van der Waals surface area contributed by atoms with Crippen LogP contribution in [0.3, 0.4) is 0 Å². The van der Waals surface area contributed by atoms with Gasteiger partial charge in [0, 0.05) is 25.5 Å². The first-order valence-electron chi connectivity index (χ1n) is 7.92. The fourth-order valence-corrected chi connectivity index (χ4v) is 2.64. The molecule has 1 aromatic carbocycles. The van der Waals surface area contributed by atoms with Crippen molar-refractivity contribution in [3.8, 4) is 0 Å². The maximum Gasteiger partial charge on any atom is 0.136 e. The molecule has 0 fully saturated rings. The Morgan fingerprint density at radius 1 is 1.24 bits per heavy atom. The molecule has 3 nitrogen and oxygen atoms in total. The minimum Gasteiger partial charge on any atom is -0.359 e. The molecule has 0 saturated heterocycles. The third-order valence-corrected chi connectivity index (χ3v) is 3.51. The normalized spacial score (nSPS) is 11.3. The highest BCUT2D eigenvalue weighted by Gasteiger charge is 2.11. The van der Waals surface area contributed by atoms with Crippen LogP contribution in [0.15, 0.2) is 30.3 Å². The number of hydrogen-bond acceptors (Lipinski definition) is 3. The van der Waals surface area contributed by atoms with Crippen LogP contribution in [0.2, 0.25) is 0 Å². The quantitative estimate of drug-likeness (QED) is 0.784. The van der Waals surface area contributed by atoms with Gasteiger partial charge >= 0.3 is 0 Å². The van der Waals surface area contributed by atoms with Gasteiger partial charge in [0.1, 0.15) is 5.82 Å². The average molecular weight is 285 g/mol. The van der Waals surface area contributed by atoms with Crippen molar-refractivity contribution in [2.75, 3.05) is 25.0 Å². The summed E-state index contributed by atoms with van der Waals surface area (Å²) in [5, 5.41) is 5.95. The standard InChI is InChI=1S/C18H27N3/c1-5-10-19-12-16-11-15-8-6-7-9-17(15)18(20-16)21(4)13-14(2)3/h6-9,11,14,19H,5,10,12-13H2,1-4H3. The molecule has 0 unspecified atom stereocenters. The zero-order valence-corrected chi connectivity index (χ0v) is 13.7. The second kappa shape index (κ2) is 7.41. The van der Waals surface area contributed by atoms with Crippen LogP contribution in [0.25, 0.3) is 10.8 Å². The second-order valence-corrected chi connectivity index (χ2v) is 6.11. The molecule has 0 radical (unpaired) electrons. The second-order valence-electron chi connectivity index (χ2n) is 6.11. The van der Waals surface area contributed by atoms with E-state index in [4.69, 9.17) is 4.98 Å². The average Bonchev–Trinajstić information content (AvgIpc) is 2.46. The lowest BCUT2D eigenvalue weighted by atomic mass is 10.1. The summed E-state index contributed by atoms with van der Waals surface area (Å²) < 4.78 is 0. The molecule has 0 bridgehead atoms. The van der Waals surface area contributed by atoms with Crippen molar-refractivity contribution in [3.05, 3.63) is 36.0 Å². The van der Waals surface area contributed by atoms with E-state index in [1.54, 1.807) is 0 Å². The molecule has 1 aromatic heterocycles. The van der Waals surface area contributed by atoms with Gasteiger partial charge in [-0.3, -0.25) is 0 Å². The van der Waals surface area contributed by atoms with E-state index in [0.29, 0.717) is 5.92 Å².